The minimum Gasteiger partial charge on any atom is -0.333 e. The van der Waals surface area contributed by atoms with E-state index >= 15 is 0 Å². The number of pyridine rings is 1. The first-order chi connectivity index (χ1) is 17.9. The Labute approximate surface area is 227 Å². The van der Waals surface area contributed by atoms with E-state index in [-0.39, 0.29) is 11.8 Å². The van der Waals surface area contributed by atoms with Gasteiger partial charge in [0.25, 0.3) is 0 Å². The molecule has 0 saturated heterocycles. The van der Waals surface area contributed by atoms with E-state index in [1.165, 1.54) is 6.07 Å². The number of carbonyl (C=O) groups is 1. The van der Waals surface area contributed by atoms with Gasteiger partial charge in [-0.25, -0.2) is 14.2 Å². The molecule has 0 radical (unpaired) electrons. The van der Waals surface area contributed by atoms with Crippen molar-refractivity contribution in [1.82, 2.24) is 19.8 Å². The van der Waals surface area contributed by atoms with Crippen molar-refractivity contribution in [2.45, 2.75) is 19.5 Å². The minimum absolute atomic E-state index is 0.223. The number of aromatic nitrogens is 2. The topological polar surface area (TPSA) is 74.0 Å². The zero-order valence-corrected chi connectivity index (χ0v) is 22.1. The van der Waals surface area contributed by atoms with Gasteiger partial charge in [0.15, 0.2) is 0 Å². The number of nitrogens with zero attached hydrogens (tertiary/aromatic N) is 4. The second kappa shape index (κ2) is 10.9. The Morgan fingerprint density at radius 2 is 2.11 bits per heavy atom. The zero-order chi connectivity index (χ0) is 25.9. The standard InChI is InChI=1S/C28H22BrClFN5O/c29-23-13-18(3-5-24(23)31)2-1-10-35-11-8-26-22(17-35)21-12-19(15-32)4-6-25(21)36(26)28(37)34-16-20-7-9-33-27(30)14-20/h1-7,9,12-14H,8,10-11,16-17H2,(H,34,37). The number of nitrogens with one attached hydrogen (secondary N) is 1. The van der Waals surface area contributed by atoms with Crippen LogP contribution in [0.5, 0.6) is 0 Å². The largest absolute Gasteiger partial charge is 0.333 e. The van der Waals surface area contributed by atoms with Crippen LogP contribution in [0.3, 0.4) is 0 Å². The maximum Gasteiger partial charge on any atom is 0.326 e. The van der Waals surface area contributed by atoms with Gasteiger partial charge < -0.3 is 5.32 Å². The summed E-state index contributed by atoms with van der Waals surface area (Å²) >= 11 is 9.20. The van der Waals surface area contributed by atoms with Gasteiger partial charge in [0.1, 0.15) is 11.0 Å². The Kier molecular flexibility index (Phi) is 7.38. The number of fused-ring (bicyclic) bond motifs is 3. The maximum absolute atomic E-state index is 13.5. The first-order valence-electron chi connectivity index (χ1n) is 11.7. The van der Waals surface area contributed by atoms with Crippen LogP contribution >= 0.6 is 27.5 Å². The van der Waals surface area contributed by atoms with Crippen LogP contribution in [-0.2, 0) is 19.5 Å². The molecule has 0 atom stereocenters. The van der Waals surface area contributed by atoms with E-state index in [4.69, 9.17) is 11.6 Å². The predicted molar refractivity (Wildman–Crippen MR) is 146 cm³/mol. The monoisotopic (exact) mass is 577 g/mol. The summed E-state index contributed by atoms with van der Waals surface area (Å²) in [5, 5.41) is 13.7. The van der Waals surface area contributed by atoms with E-state index < -0.39 is 0 Å². The van der Waals surface area contributed by atoms with E-state index in [0.717, 1.165) is 39.8 Å². The number of hydrogen-bond donors (Lipinski definition) is 1. The SMILES string of the molecule is N#Cc1ccc2c(c1)c1c(n2C(=O)NCc2ccnc(Cl)c2)CCN(CC=Cc2ccc(F)c(Br)c2)C1. The molecular formula is C28H22BrClFN5O. The fraction of sp³-hybridized carbons (Fsp3) is 0.179. The van der Waals surface area contributed by atoms with Crippen molar-refractivity contribution in [1.29, 1.82) is 5.26 Å². The summed E-state index contributed by atoms with van der Waals surface area (Å²) in [5.41, 5.74) is 5.11. The first kappa shape index (κ1) is 25.2. The van der Waals surface area contributed by atoms with Crippen molar-refractivity contribution in [3.8, 4) is 6.07 Å². The van der Waals surface area contributed by atoms with Gasteiger partial charge in [0.2, 0.25) is 0 Å². The molecule has 0 spiro atoms. The van der Waals surface area contributed by atoms with Gasteiger partial charge >= 0.3 is 6.03 Å². The molecule has 186 valence electrons. The molecule has 2 aromatic heterocycles. The molecule has 2 aromatic carbocycles. The normalized spacial score (nSPS) is 13.6. The second-order valence-electron chi connectivity index (χ2n) is 8.81. The van der Waals surface area contributed by atoms with Crippen LogP contribution in [0.1, 0.15) is 27.9 Å². The molecule has 1 aliphatic heterocycles. The first-order valence-corrected chi connectivity index (χ1v) is 12.9. The summed E-state index contributed by atoms with van der Waals surface area (Å²) in [5.74, 6) is -0.289. The van der Waals surface area contributed by atoms with Crippen LogP contribution in [-0.4, -0.2) is 33.6 Å². The lowest BCUT2D eigenvalue weighted by Gasteiger charge is -2.27. The summed E-state index contributed by atoms with van der Waals surface area (Å²) in [7, 11) is 0. The molecule has 5 rings (SSSR count). The van der Waals surface area contributed by atoms with Crippen molar-refractivity contribution in [3.05, 3.63) is 104 Å². The highest BCUT2D eigenvalue weighted by Crippen LogP contribution is 2.32. The third-order valence-electron chi connectivity index (χ3n) is 6.41. The number of benzene rings is 2. The Balaban J connectivity index is 1.39. The molecule has 3 heterocycles. The fourth-order valence-electron chi connectivity index (χ4n) is 4.63. The van der Waals surface area contributed by atoms with Gasteiger partial charge in [-0.1, -0.05) is 29.8 Å². The molecular weight excluding hydrogens is 557 g/mol. The second-order valence-corrected chi connectivity index (χ2v) is 10.1. The summed E-state index contributed by atoms with van der Waals surface area (Å²) in [4.78, 5) is 19.6. The zero-order valence-electron chi connectivity index (χ0n) is 19.7. The Bertz CT molecular complexity index is 1580. The average molecular weight is 579 g/mol. The van der Waals surface area contributed by atoms with E-state index in [1.54, 1.807) is 35.0 Å². The van der Waals surface area contributed by atoms with Crippen molar-refractivity contribution in [2.75, 3.05) is 13.1 Å². The molecule has 1 amide bonds. The molecule has 4 aromatic rings. The van der Waals surface area contributed by atoms with Crippen LogP contribution in [0, 0.1) is 17.1 Å². The average Bonchev–Trinajstić information content (AvgIpc) is 3.22. The van der Waals surface area contributed by atoms with E-state index in [2.05, 4.69) is 43.3 Å². The van der Waals surface area contributed by atoms with E-state index in [0.29, 0.717) is 41.2 Å². The Morgan fingerprint density at radius 1 is 1.24 bits per heavy atom. The maximum atomic E-state index is 13.5. The summed E-state index contributed by atoms with van der Waals surface area (Å²) in [6.07, 6.45) is 6.32. The Morgan fingerprint density at radius 3 is 2.89 bits per heavy atom. The molecule has 0 bridgehead atoms. The predicted octanol–water partition coefficient (Wildman–Crippen LogP) is 6.29. The van der Waals surface area contributed by atoms with Gasteiger partial charge in [-0.15, -0.1) is 0 Å². The van der Waals surface area contributed by atoms with Crippen LogP contribution in [0.2, 0.25) is 5.15 Å². The number of halogens is 3. The van der Waals surface area contributed by atoms with E-state index in [1.807, 2.05) is 24.3 Å². The van der Waals surface area contributed by atoms with Gasteiger partial charge in [0.05, 0.1) is 21.6 Å². The molecule has 9 heteroatoms. The molecule has 0 saturated carbocycles. The van der Waals surface area contributed by atoms with Crippen molar-refractivity contribution in [2.24, 2.45) is 0 Å². The number of carbonyl (C=O) groups excluding carboxylic acids is 1. The summed E-state index contributed by atoms with van der Waals surface area (Å²) in [6.45, 7) is 2.45. The van der Waals surface area contributed by atoms with Crippen molar-refractivity contribution < 1.29 is 9.18 Å². The summed E-state index contributed by atoms with van der Waals surface area (Å²) in [6, 6.07) is 15.9. The van der Waals surface area contributed by atoms with Crippen molar-refractivity contribution in [3.63, 3.8) is 0 Å². The highest BCUT2D eigenvalue weighted by molar-refractivity contribution is 9.10. The summed E-state index contributed by atoms with van der Waals surface area (Å²) < 4.78 is 15.7. The highest BCUT2D eigenvalue weighted by Gasteiger charge is 2.26. The van der Waals surface area contributed by atoms with Crippen molar-refractivity contribution >= 4 is 50.5 Å². The van der Waals surface area contributed by atoms with Gasteiger partial charge in [-0.2, -0.15) is 5.26 Å². The molecule has 37 heavy (non-hydrogen) atoms. The lowest BCUT2D eigenvalue weighted by atomic mass is 10.0. The highest BCUT2D eigenvalue weighted by atomic mass is 79.9. The molecule has 1 aliphatic rings. The fourth-order valence-corrected chi connectivity index (χ4v) is 5.23. The van der Waals surface area contributed by atoms with Crippen LogP contribution in [0.4, 0.5) is 9.18 Å². The lowest BCUT2D eigenvalue weighted by Crippen LogP contribution is -2.34. The van der Waals surface area contributed by atoms with Gasteiger partial charge in [-0.3, -0.25) is 9.47 Å². The van der Waals surface area contributed by atoms with Crippen LogP contribution in [0.25, 0.3) is 17.0 Å². The number of hydrogen-bond acceptors (Lipinski definition) is 4. The quantitative estimate of drug-likeness (QED) is 0.282. The third-order valence-corrected chi connectivity index (χ3v) is 7.23. The lowest BCUT2D eigenvalue weighted by molar-refractivity contribution is 0.240. The molecule has 0 aliphatic carbocycles. The van der Waals surface area contributed by atoms with Gasteiger partial charge in [-0.05, 0) is 75.1 Å². The van der Waals surface area contributed by atoms with Crippen LogP contribution < -0.4 is 5.32 Å². The number of rotatable bonds is 5. The molecule has 1 N–H and O–H groups in total. The Hall–Kier alpha value is -3.51. The van der Waals surface area contributed by atoms with Gasteiger partial charge in [0, 0.05) is 49.9 Å². The van der Waals surface area contributed by atoms with E-state index in [9.17, 15) is 14.4 Å². The van der Waals surface area contributed by atoms with Crippen LogP contribution in [0.15, 0.2) is 65.3 Å². The smallest absolute Gasteiger partial charge is 0.326 e. The number of nitriles is 1. The molecule has 6 nitrogen and oxygen atoms in total. The molecule has 0 unspecified atom stereocenters. The number of amides is 1. The molecule has 0 fully saturated rings. The minimum atomic E-state index is -0.289. The third kappa shape index (κ3) is 5.44.